The van der Waals surface area contributed by atoms with E-state index < -0.39 is 11.0 Å². The van der Waals surface area contributed by atoms with Gasteiger partial charge in [-0.15, -0.1) is 23.2 Å². The molecule has 0 amide bonds. The summed E-state index contributed by atoms with van der Waals surface area (Å²) in [7, 11) is 0. The Kier molecular flexibility index (Phi) is 5.16. The lowest BCUT2D eigenvalue weighted by Gasteiger charge is -2.01. The van der Waals surface area contributed by atoms with E-state index in [1.807, 2.05) is 0 Å². The molecule has 0 saturated heterocycles. The van der Waals surface area contributed by atoms with Crippen molar-refractivity contribution in [2.75, 3.05) is 6.61 Å². The van der Waals surface area contributed by atoms with E-state index in [1.54, 1.807) is 0 Å². The fourth-order valence-corrected chi connectivity index (χ4v) is 0.359. The van der Waals surface area contributed by atoms with Gasteiger partial charge in [0.05, 0.1) is 6.26 Å². The number of halogens is 2. The Bertz CT molecular complexity index is 124. The van der Waals surface area contributed by atoms with Gasteiger partial charge in [0.2, 0.25) is 0 Å². The predicted octanol–water partition coefficient (Wildman–Crippen LogP) is 2.09. The van der Waals surface area contributed by atoms with E-state index in [0.717, 1.165) is 6.26 Å². The third-order valence-corrected chi connectivity index (χ3v) is 0.759. The molecule has 0 aromatic carbocycles. The van der Waals surface area contributed by atoms with Crippen molar-refractivity contribution in [2.45, 2.75) is 4.84 Å². The van der Waals surface area contributed by atoms with Crippen LogP contribution in [0.5, 0.6) is 0 Å². The molecule has 0 aliphatic carbocycles. The van der Waals surface area contributed by atoms with E-state index in [2.05, 4.69) is 16.1 Å². The fraction of sp³-hybridized carbons (Fsp3) is 0.400. The first kappa shape index (κ1) is 9.59. The number of carbonyl (C=O) groups is 1. The van der Waals surface area contributed by atoms with Crippen molar-refractivity contribution in [3.05, 3.63) is 12.8 Å². The maximum atomic E-state index is 10.3. The van der Waals surface area contributed by atoms with Crippen LogP contribution in [0, 0.1) is 0 Å². The molecule has 0 aliphatic rings. The van der Waals surface area contributed by atoms with Gasteiger partial charge < -0.3 is 9.47 Å². The first-order valence-corrected chi connectivity index (χ1v) is 3.26. The van der Waals surface area contributed by atoms with Crippen LogP contribution >= 0.6 is 23.2 Å². The molecule has 0 radical (unpaired) electrons. The number of rotatable bonds is 3. The van der Waals surface area contributed by atoms with E-state index >= 15 is 0 Å². The third-order valence-electron chi connectivity index (χ3n) is 0.507. The van der Waals surface area contributed by atoms with E-state index in [9.17, 15) is 4.79 Å². The minimum atomic E-state index is -0.860. The van der Waals surface area contributed by atoms with E-state index in [4.69, 9.17) is 23.2 Å². The maximum Gasteiger partial charge on any atom is 0.513 e. The zero-order valence-corrected chi connectivity index (χ0v) is 6.56. The summed E-state index contributed by atoms with van der Waals surface area (Å²) in [6.07, 6.45) is 0.0982. The molecule has 0 rings (SSSR count). The average molecular weight is 185 g/mol. The summed E-state index contributed by atoms with van der Waals surface area (Å²) in [5.74, 6) is 0. The molecule has 0 aliphatic heterocycles. The molecule has 5 heteroatoms. The van der Waals surface area contributed by atoms with Crippen molar-refractivity contribution in [1.82, 2.24) is 0 Å². The fourth-order valence-electron chi connectivity index (χ4n) is 0.233. The lowest BCUT2D eigenvalue weighted by molar-refractivity contribution is 0.0885. The van der Waals surface area contributed by atoms with Gasteiger partial charge in [0, 0.05) is 0 Å². The molecule has 0 spiro atoms. The number of ether oxygens (including phenoxy) is 2. The SMILES string of the molecule is C=COC(=O)OCC(Cl)Cl. The Morgan fingerprint density at radius 1 is 1.70 bits per heavy atom. The highest BCUT2D eigenvalue weighted by atomic mass is 35.5. The highest BCUT2D eigenvalue weighted by molar-refractivity contribution is 6.44. The van der Waals surface area contributed by atoms with Crippen LogP contribution in [0.4, 0.5) is 4.79 Å². The summed E-state index contributed by atoms with van der Waals surface area (Å²) in [5, 5.41) is 0. The first-order valence-electron chi connectivity index (χ1n) is 2.39. The molecule has 0 heterocycles. The van der Waals surface area contributed by atoms with Crippen LogP contribution in [0.2, 0.25) is 0 Å². The van der Waals surface area contributed by atoms with Crippen LogP contribution < -0.4 is 0 Å². The second kappa shape index (κ2) is 5.38. The molecule has 0 unspecified atom stereocenters. The first-order chi connectivity index (χ1) is 4.66. The molecule has 0 aromatic rings. The van der Waals surface area contributed by atoms with E-state index in [1.165, 1.54) is 0 Å². The number of alkyl halides is 2. The van der Waals surface area contributed by atoms with Crippen LogP contribution in [0.3, 0.4) is 0 Å². The molecule has 0 aromatic heterocycles. The average Bonchev–Trinajstić information content (AvgIpc) is 1.85. The quantitative estimate of drug-likeness (QED) is 0.383. The van der Waals surface area contributed by atoms with Crippen molar-refractivity contribution in [3.8, 4) is 0 Å². The molecular formula is C5H6Cl2O3. The van der Waals surface area contributed by atoms with E-state index in [-0.39, 0.29) is 6.61 Å². The lowest BCUT2D eigenvalue weighted by atomic mass is 10.8. The Morgan fingerprint density at radius 2 is 2.30 bits per heavy atom. The summed E-state index contributed by atoms with van der Waals surface area (Å²) in [4.78, 5) is 9.59. The molecule has 0 fully saturated rings. The van der Waals surface area contributed by atoms with Gasteiger partial charge in [0.25, 0.3) is 0 Å². The highest BCUT2D eigenvalue weighted by Gasteiger charge is 2.04. The van der Waals surface area contributed by atoms with Crippen LogP contribution in [0.15, 0.2) is 12.8 Å². The minimum Gasteiger partial charge on any atom is -0.431 e. The van der Waals surface area contributed by atoms with Crippen LogP contribution in [-0.2, 0) is 9.47 Å². The van der Waals surface area contributed by atoms with Gasteiger partial charge >= 0.3 is 6.16 Å². The zero-order valence-electron chi connectivity index (χ0n) is 5.05. The monoisotopic (exact) mass is 184 g/mol. The van der Waals surface area contributed by atoms with Gasteiger partial charge in [-0.25, -0.2) is 4.79 Å². The van der Waals surface area contributed by atoms with Crippen molar-refractivity contribution in [1.29, 1.82) is 0 Å². The van der Waals surface area contributed by atoms with Crippen LogP contribution in [-0.4, -0.2) is 17.6 Å². The van der Waals surface area contributed by atoms with Gasteiger partial charge in [-0.2, -0.15) is 0 Å². The lowest BCUT2D eigenvalue weighted by Crippen LogP contribution is -2.09. The van der Waals surface area contributed by atoms with Gasteiger partial charge in [0.1, 0.15) is 11.4 Å². The van der Waals surface area contributed by atoms with Gasteiger partial charge in [0.15, 0.2) is 0 Å². The Hall–Kier alpha value is -0.410. The van der Waals surface area contributed by atoms with E-state index in [0.29, 0.717) is 0 Å². The molecule has 0 bridgehead atoms. The van der Waals surface area contributed by atoms with Crippen molar-refractivity contribution in [2.24, 2.45) is 0 Å². The minimum absolute atomic E-state index is 0.0875. The summed E-state index contributed by atoms with van der Waals surface area (Å²) in [5.41, 5.74) is 0. The molecule has 0 atom stereocenters. The summed E-state index contributed by atoms with van der Waals surface area (Å²) >= 11 is 10.5. The smallest absolute Gasteiger partial charge is 0.431 e. The van der Waals surface area contributed by atoms with Crippen LogP contribution in [0.1, 0.15) is 0 Å². The summed E-state index contributed by atoms with van der Waals surface area (Å²) < 4.78 is 8.53. The Balaban J connectivity index is 3.30. The number of hydrogen-bond acceptors (Lipinski definition) is 3. The zero-order chi connectivity index (χ0) is 7.98. The Labute approximate surface area is 68.5 Å². The topological polar surface area (TPSA) is 35.5 Å². The molecular weight excluding hydrogens is 179 g/mol. The Morgan fingerprint density at radius 3 is 2.70 bits per heavy atom. The second-order valence-corrected chi connectivity index (χ2v) is 2.51. The molecule has 10 heavy (non-hydrogen) atoms. The van der Waals surface area contributed by atoms with Crippen LogP contribution in [0.25, 0.3) is 0 Å². The standard InChI is InChI=1S/C5H6Cl2O3/c1-2-9-5(8)10-3-4(6)7/h2,4H,1,3H2. The molecule has 0 N–H and O–H groups in total. The van der Waals surface area contributed by atoms with Gasteiger partial charge in [-0.05, 0) is 0 Å². The highest BCUT2D eigenvalue weighted by Crippen LogP contribution is 2.01. The van der Waals surface area contributed by atoms with Gasteiger partial charge in [-0.1, -0.05) is 6.58 Å². The van der Waals surface area contributed by atoms with Crippen molar-refractivity contribution < 1.29 is 14.3 Å². The van der Waals surface area contributed by atoms with Gasteiger partial charge in [-0.3, -0.25) is 0 Å². The largest absolute Gasteiger partial charge is 0.513 e. The molecule has 3 nitrogen and oxygen atoms in total. The normalized spacial score (nSPS) is 9.10. The third kappa shape index (κ3) is 5.72. The maximum absolute atomic E-state index is 10.3. The second-order valence-electron chi connectivity index (χ2n) is 1.24. The molecule has 58 valence electrons. The molecule has 0 saturated carbocycles. The summed E-state index contributed by atoms with van der Waals surface area (Å²) in [6.45, 7) is 3.05. The number of hydrogen-bond donors (Lipinski definition) is 0. The predicted molar refractivity (Wildman–Crippen MR) is 38.1 cm³/mol. The summed E-state index contributed by atoms with van der Waals surface area (Å²) in [6, 6.07) is 0. The number of carbonyl (C=O) groups excluding carboxylic acids is 1. The van der Waals surface area contributed by atoms with Crippen molar-refractivity contribution >= 4 is 29.4 Å². The van der Waals surface area contributed by atoms with Crippen molar-refractivity contribution in [3.63, 3.8) is 0 Å².